The molecule has 2 heterocycles. The van der Waals surface area contributed by atoms with Gasteiger partial charge in [0.1, 0.15) is 0 Å². The van der Waals surface area contributed by atoms with Crippen LogP contribution in [0.1, 0.15) is 20.8 Å². The Morgan fingerprint density at radius 1 is 1.23 bits per heavy atom. The van der Waals surface area contributed by atoms with Crippen LogP contribution in [0.3, 0.4) is 0 Å². The lowest BCUT2D eigenvalue weighted by atomic mass is 10.1. The van der Waals surface area contributed by atoms with Crippen molar-refractivity contribution >= 4 is 22.4 Å². The Morgan fingerprint density at radius 2 is 1.91 bits per heavy atom. The Morgan fingerprint density at radius 3 is 2.45 bits per heavy atom. The van der Waals surface area contributed by atoms with Gasteiger partial charge >= 0.3 is 5.97 Å². The van der Waals surface area contributed by atoms with Gasteiger partial charge in [0.15, 0.2) is 5.13 Å². The third-order valence-corrected chi connectivity index (χ3v) is 4.83. The number of anilines is 1. The van der Waals surface area contributed by atoms with E-state index in [4.69, 9.17) is 5.11 Å². The maximum absolute atomic E-state index is 10.9. The fourth-order valence-electron chi connectivity index (χ4n) is 2.60. The summed E-state index contributed by atoms with van der Waals surface area (Å²) >= 11 is 1.74. The number of aromatic carboxylic acids is 1. The summed E-state index contributed by atoms with van der Waals surface area (Å²) in [6.07, 6.45) is 1.93. The van der Waals surface area contributed by atoms with Crippen molar-refractivity contribution < 1.29 is 9.90 Å². The summed E-state index contributed by atoms with van der Waals surface area (Å²) in [5, 5.41) is 10.0. The topological polar surface area (TPSA) is 56.7 Å². The Labute approximate surface area is 133 Å². The van der Waals surface area contributed by atoms with E-state index in [0.717, 1.165) is 43.4 Å². The Bertz CT molecular complexity index is 646. The highest BCUT2D eigenvalue weighted by molar-refractivity contribution is 7.15. The molecule has 0 atom stereocenters. The lowest BCUT2D eigenvalue weighted by Crippen LogP contribution is -2.45. The first kappa shape index (κ1) is 15.0. The van der Waals surface area contributed by atoms with Gasteiger partial charge in [0.2, 0.25) is 0 Å². The van der Waals surface area contributed by atoms with Gasteiger partial charge in [-0.3, -0.25) is 4.90 Å². The van der Waals surface area contributed by atoms with Gasteiger partial charge in [-0.25, -0.2) is 9.78 Å². The van der Waals surface area contributed by atoms with Crippen LogP contribution in [-0.2, 0) is 6.54 Å². The summed E-state index contributed by atoms with van der Waals surface area (Å²) in [5.74, 6) is -0.876. The Balaban J connectivity index is 1.54. The molecule has 1 aromatic heterocycles. The van der Waals surface area contributed by atoms with Gasteiger partial charge < -0.3 is 10.0 Å². The van der Waals surface area contributed by atoms with Gasteiger partial charge in [-0.15, -0.1) is 11.3 Å². The van der Waals surface area contributed by atoms with E-state index < -0.39 is 5.97 Å². The first-order chi connectivity index (χ1) is 10.6. The molecule has 1 N–H and O–H groups in total. The van der Waals surface area contributed by atoms with Crippen LogP contribution < -0.4 is 4.90 Å². The van der Waals surface area contributed by atoms with Gasteiger partial charge in [-0.05, 0) is 24.6 Å². The Kier molecular flexibility index (Phi) is 4.40. The maximum atomic E-state index is 10.9. The second-order valence-electron chi connectivity index (χ2n) is 5.52. The Hall–Kier alpha value is -1.92. The van der Waals surface area contributed by atoms with E-state index in [1.165, 1.54) is 4.88 Å². The van der Waals surface area contributed by atoms with Gasteiger partial charge in [-0.1, -0.05) is 12.1 Å². The molecule has 22 heavy (non-hydrogen) atoms. The summed E-state index contributed by atoms with van der Waals surface area (Å²) in [5.41, 5.74) is 1.50. The standard InChI is InChI=1S/C16H19N3O2S/c1-12-10-17-16(22-12)19-8-6-18(7-9-19)11-13-2-4-14(5-3-13)15(20)21/h2-5,10H,6-9,11H2,1H3,(H,20,21). The molecule has 2 aromatic rings. The van der Waals surface area contributed by atoms with Gasteiger partial charge in [0, 0.05) is 43.8 Å². The molecule has 1 saturated heterocycles. The number of carboxylic acids is 1. The number of carboxylic acid groups (broad SMARTS) is 1. The summed E-state index contributed by atoms with van der Waals surface area (Å²) in [6, 6.07) is 7.15. The minimum Gasteiger partial charge on any atom is -0.478 e. The number of benzene rings is 1. The zero-order valence-electron chi connectivity index (χ0n) is 12.5. The molecule has 1 aliphatic heterocycles. The van der Waals surface area contributed by atoms with Gasteiger partial charge in [-0.2, -0.15) is 0 Å². The van der Waals surface area contributed by atoms with Crippen molar-refractivity contribution in [2.24, 2.45) is 0 Å². The first-order valence-electron chi connectivity index (χ1n) is 7.34. The van der Waals surface area contributed by atoms with Crippen LogP contribution in [0.15, 0.2) is 30.5 Å². The second-order valence-corrected chi connectivity index (χ2v) is 6.73. The minimum atomic E-state index is -0.876. The predicted molar refractivity (Wildman–Crippen MR) is 87.7 cm³/mol. The summed E-state index contributed by atoms with van der Waals surface area (Å²) in [7, 11) is 0. The molecule has 6 heteroatoms. The molecule has 0 aliphatic carbocycles. The normalized spacial score (nSPS) is 16.0. The first-order valence-corrected chi connectivity index (χ1v) is 8.15. The van der Waals surface area contributed by atoms with E-state index in [2.05, 4.69) is 21.7 Å². The van der Waals surface area contributed by atoms with Gasteiger partial charge in [0.05, 0.1) is 5.56 Å². The van der Waals surface area contributed by atoms with Crippen LogP contribution >= 0.6 is 11.3 Å². The van der Waals surface area contributed by atoms with E-state index in [0.29, 0.717) is 5.56 Å². The SMILES string of the molecule is Cc1cnc(N2CCN(Cc3ccc(C(=O)O)cc3)CC2)s1. The van der Waals surface area contributed by atoms with E-state index in [1.807, 2.05) is 18.3 Å². The molecule has 5 nitrogen and oxygen atoms in total. The quantitative estimate of drug-likeness (QED) is 0.939. The number of carbonyl (C=O) groups is 1. The minimum absolute atomic E-state index is 0.340. The summed E-state index contributed by atoms with van der Waals surface area (Å²) < 4.78 is 0. The summed E-state index contributed by atoms with van der Waals surface area (Å²) in [4.78, 5) is 21.3. The van der Waals surface area contributed by atoms with Crippen molar-refractivity contribution in [1.82, 2.24) is 9.88 Å². The molecule has 0 bridgehead atoms. The van der Waals surface area contributed by atoms with E-state index in [-0.39, 0.29) is 0 Å². The molecular formula is C16H19N3O2S. The highest BCUT2D eigenvalue weighted by Gasteiger charge is 2.19. The number of nitrogens with zero attached hydrogens (tertiary/aromatic N) is 3. The zero-order chi connectivity index (χ0) is 15.5. The van der Waals surface area contributed by atoms with Gasteiger partial charge in [0.25, 0.3) is 0 Å². The molecule has 0 saturated carbocycles. The fourth-order valence-corrected chi connectivity index (χ4v) is 3.41. The van der Waals surface area contributed by atoms with E-state index in [9.17, 15) is 4.79 Å². The highest BCUT2D eigenvalue weighted by atomic mass is 32.1. The van der Waals surface area contributed by atoms with Crippen LogP contribution in [0.2, 0.25) is 0 Å². The molecule has 0 unspecified atom stereocenters. The number of aryl methyl sites for hydroxylation is 1. The molecular weight excluding hydrogens is 298 g/mol. The lowest BCUT2D eigenvalue weighted by Gasteiger charge is -2.34. The van der Waals surface area contributed by atoms with Crippen molar-refractivity contribution in [3.05, 3.63) is 46.5 Å². The maximum Gasteiger partial charge on any atom is 0.335 e. The summed E-state index contributed by atoms with van der Waals surface area (Å²) in [6.45, 7) is 6.92. The number of piperazine rings is 1. The molecule has 0 amide bonds. The molecule has 1 fully saturated rings. The molecule has 0 spiro atoms. The van der Waals surface area contributed by atoms with E-state index >= 15 is 0 Å². The molecule has 3 rings (SSSR count). The largest absolute Gasteiger partial charge is 0.478 e. The van der Waals surface area contributed by atoms with E-state index in [1.54, 1.807) is 23.5 Å². The highest BCUT2D eigenvalue weighted by Crippen LogP contribution is 2.23. The number of aromatic nitrogens is 1. The van der Waals surface area contributed by atoms with Crippen molar-refractivity contribution in [1.29, 1.82) is 0 Å². The van der Waals surface area contributed by atoms with Crippen LogP contribution in [0, 0.1) is 6.92 Å². The molecule has 1 aromatic carbocycles. The van der Waals surface area contributed by atoms with Crippen molar-refractivity contribution in [3.63, 3.8) is 0 Å². The number of hydrogen-bond donors (Lipinski definition) is 1. The van der Waals surface area contributed by atoms with Crippen molar-refractivity contribution in [3.8, 4) is 0 Å². The molecule has 116 valence electrons. The van der Waals surface area contributed by atoms with Crippen LogP contribution in [0.5, 0.6) is 0 Å². The number of rotatable bonds is 4. The average Bonchev–Trinajstić information content (AvgIpc) is 2.95. The second kappa shape index (κ2) is 6.46. The fraction of sp³-hybridized carbons (Fsp3) is 0.375. The predicted octanol–water partition coefficient (Wildman–Crippen LogP) is 2.47. The average molecular weight is 317 g/mol. The van der Waals surface area contributed by atoms with Crippen LogP contribution in [0.25, 0.3) is 0 Å². The third-order valence-electron chi connectivity index (χ3n) is 3.86. The van der Waals surface area contributed by atoms with Crippen LogP contribution in [-0.4, -0.2) is 47.1 Å². The lowest BCUT2D eigenvalue weighted by molar-refractivity contribution is 0.0697. The smallest absolute Gasteiger partial charge is 0.335 e. The van der Waals surface area contributed by atoms with Crippen molar-refractivity contribution in [2.45, 2.75) is 13.5 Å². The number of hydrogen-bond acceptors (Lipinski definition) is 5. The molecule has 1 aliphatic rings. The third kappa shape index (κ3) is 3.45. The number of thiazole rings is 1. The van der Waals surface area contributed by atoms with Crippen LogP contribution in [0.4, 0.5) is 5.13 Å². The monoisotopic (exact) mass is 317 g/mol. The van der Waals surface area contributed by atoms with Crippen molar-refractivity contribution in [2.75, 3.05) is 31.1 Å². The molecule has 0 radical (unpaired) electrons. The zero-order valence-corrected chi connectivity index (χ0v) is 13.3.